The Morgan fingerprint density at radius 2 is 1.30 bits per heavy atom. The van der Waals surface area contributed by atoms with Gasteiger partial charge in [0.25, 0.3) is 0 Å². The van der Waals surface area contributed by atoms with Crippen molar-refractivity contribution in [2.75, 3.05) is 20.7 Å². The molecule has 0 rings (SSSR count). The lowest BCUT2D eigenvalue weighted by molar-refractivity contribution is -0.137. The van der Waals surface area contributed by atoms with Crippen molar-refractivity contribution in [1.82, 2.24) is 10.6 Å². The van der Waals surface area contributed by atoms with Gasteiger partial charge < -0.3 is 25.6 Å². The number of hydrogen-bond donors (Lipinski definition) is 4. The normalized spacial score (nSPS) is 9.30. The number of carbonyl (C=O) groups is 3. The summed E-state index contributed by atoms with van der Waals surface area (Å²) in [5, 5.41) is 20.7. The number of carboxylic acids is 1. The maximum absolute atomic E-state index is 10.7. The first-order chi connectivity index (χ1) is 10.9. The van der Waals surface area contributed by atoms with Gasteiger partial charge in [-0.3, -0.25) is 4.79 Å². The lowest BCUT2D eigenvalue weighted by Crippen LogP contribution is -2.23. The largest absolute Gasteiger partial charge is 0.481 e. The Hall–Kier alpha value is -1.99. The number of nitrogens with one attached hydrogen (secondary N) is 2. The predicted molar refractivity (Wildman–Crippen MR) is 86.7 cm³/mol. The summed E-state index contributed by atoms with van der Waals surface area (Å²) in [6.07, 6.45) is 7.46. The Labute approximate surface area is 137 Å². The molecule has 0 aliphatic carbocycles. The van der Waals surface area contributed by atoms with E-state index in [2.05, 4.69) is 10.1 Å². The molecule has 0 aromatic carbocycles. The highest BCUT2D eigenvalue weighted by atomic mass is 16.5. The van der Waals surface area contributed by atoms with Crippen LogP contribution in [-0.2, 0) is 9.53 Å². The maximum Gasteiger partial charge on any atom is 0.406 e. The number of hydrogen-bond acceptors (Lipinski definition) is 4. The van der Waals surface area contributed by atoms with Crippen LogP contribution in [0.15, 0.2) is 0 Å². The highest BCUT2D eigenvalue weighted by molar-refractivity contribution is 5.66. The zero-order valence-electron chi connectivity index (χ0n) is 14.1. The molecule has 2 amide bonds. The lowest BCUT2D eigenvalue weighted by atomic mass is 10.1. The fourth-order valence-electron chi connectivity index (χ4n) is 1.72. The minimum Gasteiger partial charge on any atom is -0.481 e. The Bertz CT molecular complexity index is 323. The van der Waals surface area contributed by atoms with Crippen molar-refractivity contribution in [2.45, 2.75) is 57.8 Å². The number of amides is 2. The van der Waals surface area contributed by atoms with Crippen LogP contribution >= 0.6 is 0 Å². The molecule has 0 heterocycles. The zero-order valence-corrected chi connectivity index (χ0v) is 14.1. The second-order valence-electron chi connectivity index (χ2n) is 4.95. The topological polar surface area (TPSA) is 125 Å². The summed E-state index contributed by atoms with van der Waals surface area (Å²) in [6, 6.07) is 0. The molecular weight excluding hydrogens is 304 g/mol. The highest BCUT2D eigenvalue weighted by Gasteiger charge is 1.98. The van der Waals surface area contributed by atoms with Crippen LogP contribution in [0.5, 0.6) is 0 Å². The molecule has 0 saturated carbocycles. The molecule has 8 nitrogen and oxygen atoms in total. The van der Waals surface area contributed by atoms with Crippen molar-refractivity contribution >= 4 is 18.2 Å². The first-order valence-electron chi connectivity index (χ1n) is 7.88. The van der Waals surface area contributed by atoms with Crippen LogP contribution in [0, 0.1) is 0 Å². The molecule has 8 heteroatoms. The van der Waals surface area contributed by atoms with Gasteiger partial charge in [-0.1, -0.05) is 38.5 Å². The van der Waals surface area contributed by atoms with E-state index in [-0.39, 0.29) is 6.09 Å². The highest BCUT2D eigenvalue weighted by Crippen LogP contribution is 2.09. The van der Waals surface area contributed by atoms with Crippen LogP contribution in [0.4, 0.5) is 9.59 Å². The molecule has 0 spiro atoms. The summed E-state index contributed by atoms with van der Waals surface area (Å²) in [5.41, 5.74) is 0. The number of rotatable bonds is 11. The van der Waals surface area contributed by atoms with E-state index in [9.17, 15) is 14.4 Å². The van der Waals surface area contributed by atoms with E-state index in [0.717, 1.165) is 32.1 Å². The summed E-state index contributed by atoms with van der Waals surface area (Å²) < 4.78 is 4.46. The van der Waals surface area contributed by atoms with E-state index < -0.39 is 12.1 Å². The molecule has 0 fully saturated rings. The quantitative estimate of drug-likeness (QED) is 0.431. The first-order valence-corrected chi connectivity index (χ1v) is 7.88. The second-order valence-corrected chi connectivity index (χ2v) is 4.95. The number of alkyl carbamates (subject to hydrolysis) is 1. The molecule has 136 valence electrons. The molecule has 0 aliphatic heterocycles. The van der Waals surface area contributed by atoms with Crippen LogP contribution in [0.1, 0.15) is 57.8 Å². The molecule has 0 radical (unpaired) electrons. The van der Waals surface area contributed by atoms with E-state index in [0.29, 0.717) is 13.0 Å². The molecule has 0 unspecified atom stereocenters. The van der Waals surface area contributed by atoms with Gasteiger partial charge in [0.05, 0.1) is 7.11 Å². The Morgan fingerprint density at radius 1 is 0.870 bits per heavy atom. The van der Waals surface area contributed by atoms with Gasteiger partial charge >= 0.3 is 18.2 Å². The van der Waals surface area contributed by atoms with E-state index in [1.54, 1.807) is 0 Å². The number of carbonyl (C=O) groups excluding carboxylic acids is 1. The monoisotopic (exact) mass is 334 g/mol. The summed E-state index contributed by atoms with van der Waals surface area (Å²) in [7, 11) is 2.71. The summed E-state index contributed by atoms with van der Waals surface area (Å²) in [5.74, 6) is -0.701. The van der Waals surface area contributed by atoms with Crippen LogP contribution < -0.4 is 10.6 Å². The fourth-order valence-corrected chi connectivity index (χ4v) is 1.72. The van der Waals surface area contributed by atoms with E-state index in [1.165, 1.54) is 33.4 Å². The zero-order chi connectivity index (χ0) is 17.9. The Kier molecular flexibility index (Phi) is 18.3. The number of ether oxygens (including phenoxy) is 1. The van der Waals surface area contributed by atoms with Crippen LogP contribution in [0.25, 0.3) is 0 Å². The smallest absolute Gasteiger partial charge is 0.406 e. The van der Waals surface area contributed by atoms with E-state index in [4.69, 9.17) is 10.2 Å². The number of aliphatic carboxylic acids is 1. The third kappa shape index (κ3) is 25.3. The molecule has 0 saturated heterocycles. The van der Waals surface area contributed by atoms with Gasteiger partial charge in [-0.2, -0.15) is 0 Å². The van der Waals surface area contributed by atoms with E-state index in [1.807, 2.05) is 5.32 Å². The molecule has 0 aliphatic rings. The fraction of sp³-hybridized carbons (Fsp3) is 0.800. The standard InChI is InChI=1S/C13H25NO4.C2H5NO2/c1-18-13(17)14-11-9-7-5-3-2-4-6-8-10-12(15)16;1-3-2(4)5/h2-11H2,1H3,(H,14,17)(H,15,16);3H,1H3,(H,4,5). The van der Waals surface area contributed by atoms with Crippen LogP contribution in [-0.4, -0.2) is 49.1 Å². The summed E-state index contributed by atoms with van der Waals surface area (Å²) >= 11 is 0. The third-order valence-electron chi connectivity index (χ3n) is 2.99. The first kappa shape index (κ1) is 23.3. The second kappa shape index (κ2) is 18.1. The van der Waals surface area contributed by atoms with Gasteiger partial charge in [0.15, 0.2) is 0 Å². The van der Waals surface area contributed by atoms with Gasteiger partial charge in [-0.05, 0) is 12.8 Å². The van der Waals surface area contributed by atoms with Gasteiger partial charge in [-0.25, -0.2) is 9.59 Å². The van der Waals surface area contributed by atoms with Crippen molar-refractivity contribution in [3.63, 3.8) is 0 Å². The van der Waals surface area contributed by atoms with Crippen molar-refractivity contribution in [2.24, 2.45) is 0 Å². The molecular formula is C15H30N2O6. The predicted octanol–water partition coefficient (Wildman–Crippen LogP) is 2.82. The Morgan fingerprint density at radius 3 is 1.70 bits per heavy atom. The minimum absolute atomic E-state index is 0.291. The minimum atomic E-state index is -0.995. The molecule has 0 bridgehead atoms. The van der Waals surface area contributed by atoms with Crippen LogP contribution in [0.2, 0.25) is 0 Å². The van der Waals surface area contributed by atoms with Crippen molar-refractivity contribution in [3.05, 3.63) is 0 Å². The number of methoxy groups -OCH3 is 1. The average Bonchev–Trinajstić information content (AvgIpc) is 2.52. The Balaban J connectivity index is 0. The van der Waals surface area contributed by atoms with Gasteiger partial charge in [-0.15, -0.1) is 0 Å². The molecule has 0 aromatic heterocycles. The van der Waals surface area contributed by atoms with E-state index >= 15 is 0 Å². The lowest BCUT2D eigenvalue weighted by Gasteiger charge is -2.03. The van der Waals surface area contributed by atoms with Crippen molar-refractivity contribution < 1.29 is 29.3 Å². The molecule has 23 heavy (non-hydrogen) atoms. The molecule has 0 aromatic rings. The summed E-state index contributed by atoms with van der Waals surface area (Å²) in [6.45, 7) is 0.672. The maximum atomic E-state index is 10.7. The molecule has 0 atom stereocenters. The molecule has 4 N–H and O–H groups in total. The van der Waals surface area contributed by atoms with Crippen molar-refractivity contribution in [3.8, 4) is 0 Å². The van der Waals surface area contributed by atoms with Gasteiger partial charge in [0.1, 0.15) is 0 Å². The van der Waals surface area contributed by atoms with Gasteiger partial charge in [0, 0.05) is 20.0 Å². The van der Waals surface area contributed by atoms with Crippen molar-refractivity contribution in [1.29, 1.82) is 0 Å². The van der Waals surface area contributed by atoms with Crippen LogP contribution in [0.3, 0.4) is 0 Å². The average molecular weight is 334 g/mol. The van der Waals surface area contributed by atoms with Gasteiger partial charge in [0.2, 0.25) is 0 Å². The third-order valence-corrected chi connectivity index (χ3v) is 2.99. The summed E-state index contributed by atoms with van der Waals surface area (Å²) in [4.78, 5) is 30.2. The number of carboxylic acid groups (broad SMARTS) is 2. The SMILES string of the molecule is CNC(=O)O.COC(=O)NCCCCCCCCCCC(=O)O. The number of unbranched alkanes of at least 4 members (excludes halogenated alkanes) is 7.